The fourth-order valence-corrected chi connectivity index (χ4v) is 3.57. The molecule has 11 nitrogen and oxygen atoms in total. The number of esters is 3. The van der Waals surface area contributed by atoms with Crippen LogP contribution >= 0.6 is 11.3 Å². The third-order valence-corrected chi connectivity index (χ3v) is 5.27. The molecule has 1 amide bonds. The summed E-state index contributed by atoms with van der Waals surface area (Å²) in [6.07, 6.45) is 0. The van der Waals surface area contributed by atoms with Gasteiger partial charge in [-0.3, -0.25) is 14.9 Å². The van der Waals surface area contributed by atoms with Gasteiger partial charge in [0.2, 0.25) is 0 Å². The van der Waals surface area contributed by atoms with E-state index < -0.39 is 41.0 Å². The van der Waals surface area contributed by atoms with Crippen molar-refractivity contribution in [1.82, 2.24) is 0 Å². The van der Waals surface area contributed by atoms with Gasteiger partial charge >= 0.3 is 17.9 Å². The number of nitro groups is 1. The van der Waals surface area contributed by atoms with Crippen molar-refractivity contribution < 1.29 is 38.3 Å². The topological polar surface area (TPSA) is 151 Å². The molecule has 12 heteroatoms. The summed E-state index contributed by atoms with van der Waals surface area (Å²) in [5, 5.41) is 13.8. The van der Waals surface area contributed by atoms with Crippen LogP contribution in [0.1, 0.15) is 41.5 Å². The normalized spacial score (nSPS) is 10.2. The van der Waals surface area contributed by atoms with Gasteiger partial charge in [0.1, 0.15) is 5.00 Å². The summed E-state index contributed by atoms with van der Waals surface area (Å²) in [5.74, 6) is -3.30. The number of aryl methyl sites for hydroxylation is 1. The Balaban J connectivity index is 2.15. The molecule has 164 valence electrons. The van der Waals surface area contributed by atoms with Crippen LogP contribution in [0, 0.1) is 24.0 Å². The second-order valence-electron chi connectivity index (χ2n) is 6.12. The van der Waals surface area contributed by atoms with E-state index in [1.54, 1.807) is 13.8 Å². The third kappa shape index (κ3) is 5.42. The van der Waals surface area contributed by atoms with E-state index in [0.717, 1.165) is 41.5 Å². The highest BCUT2D eigenvalue weighted by Crippen LogP contribution is 2.32. The molecule has 0 fully saturated rings. The highest BCUT2D eigenvalue weighted by Gasteiger charge is 2.23. The molecule has 0 atom stereocenters. The highest BCUT2D eigenvalue weighted by molar-refractivity contribution is 7.16. The number of benzene rings is 1. The third-order valence-electron chi connectivity index (χ3n) is 4.15. The number of carbonyl (C=O) groups excluding carboxylic acids is 4. The number of non-ortho nitro benzene ring substituents is 1. The van der Waals surface area contributed by atoms with Crippen LogP contribution in [0.5, 0.6) is 0 Å². The molecule has 31 heavy (non-hydrogen) atoms. The molecule has 1 aromatic carbocycles. The van der Waals surface area contributed by atoms with Crippen molar-refractivity contribution in [3.63, 3.8) is 0 Å². The summed E-state index contributed by atoms with van der Waals surface area (Å²) in [6.45, 7) is 2.74. The van der Waals surface area contributed by atoms with E-state index >= 15 is 0 Å². The Labute approximate surface area is 180 Å². The summed E-state index contributed by atoms with van der Waals surface area (Å²) in [6, 6.07) is 2.92. The van der Waals surface area contributed by atoms with Crippen LogP contribution < -0.4 is 5.32 Å². The second kappa shape index (κ2) is 9.80. The number of ether oxygens (including phenoxy) is 3. The molecule has 1 aromatic heterocycles. The lowest BCUT2D eigenvalue weighted by atomic mass is 10.1. The van der Waals surface area contributed by atoms with Crippen LogP contribution in [-0.2, 0) is 19.0 Å². The zero-order valence-electron chi connectivity index (χ0n) is 17.0. The lowest BCUT2D eigenvalue weighted by Crippen LogP contribution is -2.22. The SMILES string of the molecule is COC(=O)c1cc(C(=O)OCC(=O)Nc2sc(C)c(C)c2C(=O)OC)cc([N+](=O)[O-])c1. The predicted molar refractivity (Wildman–Crippen MR) is 108 cm³/mol. The Bertz CT molecular complexity index is 1070. The number of amides is 1. The monoisotopic (exact) mass is 450 g/mol. The van der Waals surface area contributed by atoms with Crippen molar-refractivity contribution in [2.75, 3.05) is 26.1 Å². The minimum absolute atomic E-state index is 0.200. The number of carbonyl (C=O) groups is 4. The first-order valence-electron chi connectivity index (χ1n) is 8.62. The van der Waals surface area contributed by atoms with Crippen LogP contribution in [0.15, 0.2) is 18.2 Å². The number of nitrogens with one attached hydrogen (secondary N) is 1. The molecule has 0 unspecified atom stereocenters. The average Bonchev–Trinajstić information content (AvgIpc) is 3.03. The molecule has 2 rings (SSSR count). The number of rotatable bonds is 7. The number of thiophene rings is 1. The number of nitrogens with zero attached hydrogens (tertiary/aromatic N) is 1. The standard InChI is InChI=1S/C19H18N2O9S/c1-9-10(2)31-16(15(9)19(25)29-4)20-14(22)8-30-18(24)12-5-11(17(23)28-3)6-13(7-12)21(26)27/h5-7H,8H2,1-4H3,(H,20,22). The van der Waals surface area contributed by atoms with Crippen LogP contribution in [0.3, 0.4) is 0 Å². The van der Waals surface area contributed by atoms with Crippen LogP contribution in [0.4, 0.5) is 10.7 Å². The Kier molecular flexibility index (Phi) is 7.42. The van der Waals surface area contributed by atoms with Gasteiger partial charge in [-0.2, -0.15) is 0 Å². The molecular formula is C19H18N2O9S. The Morgan fingerprint density at radius 3 is 2.13 bits per heavy atom. The molecule has 0 spiro atoms. The first kappa shape index (κ1) is 23.5. The molecule has 0 aliphatic carbocycles. The summed E-state index contributed by atoms with van der Waals surface area (Å²) >= 11 is 1.16. The molecule has 0 bridgehead atoms. The molecule has 0 saturated heterocycles. The van der Waals surface area contributed by atoms with E-state index in [9.17, 15) is 29.3 Å². The fourth-order valence-electron chi connectivity index (χ4n) is 2.51. The summed E-state index contributed by atoms with van der Waals surface area (Å²) in [7, 11) is 2.30. The number of methoxy groups -OCH3 is 2. The van der Waals surface area contributed by atoms with Crippen LogP contribution in [0.2, 0.25) is 0 Å². The van der Waals surface area contributed by atoms with Crippen molar-refractivity contribution in [3.8, 4) is 0 Å². The fraction of sp³-hybridized carbons (Fsp3) is 0.263. The van der Waals surface area contributed by atoms with Crippen molar-refractivity contribution in [3.05, 3.63) is 55.4 Å². The van der Waals surface area contributed by atoms with E-state index in [-0.39, 0.29) is 21.7 Å². The van der Waals surface area contributed by atoms with Gasteiger partial charge in [0, 0.05) is 17.0 Å². The number of anilines is 1. The molecule has 0 aliphatic heterocycles. The zero-order valence-corrected chi connectivity index (χ0v) is 17.8. The van der Waals surface area contributed by atoms with E-state index in [1.807, 2.05) is 0 Å². The van der Waals surface area contributed by atoms with Gasteiger partial charge in [0.05, 0.1) is 35.8 Å². The maximum absolute atomic E-state index is 12.3. The molecular weight excluding hydrogens is 432 g/mol. The minimum Gasteiger partial charge on any atom is -0.465 e. The van der Waals surface area contributed by atoms with Gasteiger partial charge in [0.25, 0.3) is 11.6 Å². The second-order valence-corrected chi connectivity index (χ2v) is 7.35. The van der Waals surface area contributed by atoms with E-state index in [4.69, 9.17) is 9.47 Å². The van der Waals surface area contributed by atoms with Crippen molar-refractivity contribution in [1.29, 1.82) is 0 Å². The van der Waals surface area contributed by atoms with Crippen molar-refractivity contribution in [2.24, 2.45) is 0 Å². The minimum atomic E-state index is -1.06. The Hall–Kier alpha value is -3.80. The lowest BCUT2D eigenvalue weighted by molar-refractivity contribution is -0.384. The highest BCUT2D eigenvalue weighted by atomic mass is 32.1. The van der Waals surface area contributed by atoms with Gasteiger partial charge in [-0.15, -0.1) is 11.3 Å². The molecule has 1 N–H and O–H groups in total. The lowest BCUT2D eigenvalue weighted by Gasteiger charge is -2.08. The van der Waals surface area contributed by atoms with Crippen molar-refractivity contribution >= 4 is 45.8 Å². The molecule has 1 heterocycles. The predicted octanol–water partition coefficient (Wildman–Crippen LogP) is 2.64. The van der Waals surface area contributed by atoms with E-state index in [2.05, 4.69) is 10.1 Å². The molecule has 2 aromatic rings. The average molecular weight is 450 g/mol. The first-order chi connectivity index (χ1) is 14.6. The Morgan fingerprint density at radius 2 is 1.58 bits per heavy atom. The van der Waals surface area contributed by atoms with Gasteiger partial charge < -0.3 is 19.5 Å². The van der Waals surface area contributed by atoms with Crippen LogP contribution in [0.25, 0.3) is 0 Å². The largest absolute Gasteiger partial charge is 0.465 e. The Morgan fingerprint density at radius 1 is 1.00 bits per heavy atom. The number of nitro benzene ring substituents is 1. The first-order valence-corrected chi connectivity index (χ1v) is 9.43. The van der Waals surface area contributed by atoms with Gasteiger partial charge in [0.15, 0.2) is 6.61 Å². The number of hydrogen-bond donors (Lipinski definition) is 1. The quantitative estimate of drug-likeness (QED) is 0.290. The van der Waals surface area contributed by atoms with Gasteiger partial charge in [-0.1, -0.05) is 0 Å². The molecule has 0 radical (unpaired) electrons. The smallest absolute Gasteiger partial charge is 0.341 e. The molecule has 0 saturated carbocycles. The zero-order chi connectivity index (χ0) is 23.3. The maximum Gasteiger partial charge on any atom is 0.341 e. The van der Waals surface area contributed by atoms with E-state index in [1.165, 1.54) is 7.11 Å². The summed E-state index contributed by atoms with van der Waals surface area (Å²) in [4.78, 5) is 59.2. The van der Waals surface area contributed by atoms with Crippen molar-refractivity contribution in [2.45, 2.75) is 13.8 Å². The summed E-state index contributed by atoms with van der Waals surface area (Å²) < 4.78 is 14.1. The van der Waals surface area contributed by atoms with Gasteiger partial charge in [-0.05, 0) is 25.5 Å². The van der Waals surface area contributed by atoms with Gasteiger partial charge in [-0.25, -0.2) is 14.4 Å². The molecule has 0 aliphatic rings. The summed E-state index contributed by atoms with van der Waals surface area (Å²) in [5.41, 5.74) is -0.200. The number of hydrogen-bond acceptors (Lipinski definition) is 10. The maximum atomic E-state index is 12.3. The van der Waals surface area contributed by atoms with E-state index in [0.29, 0.717) is 5.56 Å². The van der Waals surface area contributed by atoms with Crippen LogP contribution in [-0.4, -0.2) is 49.6 Å².